The largest absolute Gasteiger partial charge is 0.478 e. The highest BCUT2D eigenvalue weighted by molar-refractivity contribution is 5.88. The van der Waals surface area contributed by atoms with Gasteiger partial charge < -0.3 is 15.9 Å². The maximum Gasteiger partial charge on any atom is 0.338 e. The summed E-state index contributed by atoms with van der Waals surface area (Å²) in [7, 11) is 0. The van der Waals surface area contributed by atoms with Gasteiger partial charge in [0, 0.05) is 11.5 Å². The predicted octanol–water partition coefficient (Wildman–Crippen LogP) is 2.58. The zero-order valence-electron chi connectivity index (χ0n) is 13.9. The molecule has 1 saturated carbocycles. The fourth-order valence-electron chi connectivity index (χ4n) is 2.90. The molecule has 0 unspecified atom stereocenters. The highest BCUT2D eigenvalue weighted by Gasteiger charge is 2.23. The van der Waals surface area contributed by atoms with E-state index in [2.05, 4.69) is 9.97 Å². The molecule has 3 rings (SSSR count). The monoisotopic (exact) mass is 332 g/mol. The fourth-order valence-corrected chi connectivity index (χ4v) is 2.90. The smallest absolute Gasteiger partial charge is 0.338 e. The van der Waals surface area contributed by atoms with Gasteiger partial charge in [-0.05, 0) is 37.8 Å². The maximum absolute atomic E-state index is 13.9. The molecule has 24 heavy (non-hydrogen) atoms. The van der Waals surface area contributed by atoms with E-state index in [1.807, 2.05) is 0 Å². The van der Waals surface area contributed by atoms with Crippen LogP contribution in [-0.4, -0.2) is 32.2 Å². The number of aromatic carboxylic acids is 1. The summed E-state index contributed by atoms with van der Waals surface area (Å²) in [5.41, 5.74) is 6.75. The molecule has 1 fully saturated rings. The molecule has 0 aliphatic heterocycles. The van der Waals surface area contributed by atoms with Crippen LogP contribution >= 0.6 is 0 Å². The van der Waals surface area contributed by atoms with Crippen molar-refractivity contribution in [3.8, 4) is 11.3 Å². The Bertz CT molecular complexity index is 819. The number of nitrogens with two attached hydrogens (primary N) is 1. The third-order valence-corrected chi connectivity index (χ3v) is 4.27. The summed E-state index contributed by atoms with van der Waals surface area (Å²) in [4.78, 5) is 19.5. The Kier molecular flexibility index (Phi) is 4.08. The average Bonchev–Trinajstić information content (AvgIpc) is 2.55. The van der Waals surface area contributed by atoms with Crippen molar-refractivity contribution < 1.29 is 20.8 Å². The molecule has 0 amide bonds. The Labute approximate surface area is 139 Å². The van der Waals surface area contributed by atoms with Gasteiger partial charge in [0.05, 0.1) is 24.9 Å². The SMILES string of the molecule is [2H][C@]1(O)CC[C@H](c2cnc(N)c(-c3ccc(C(=O)O)c(F)c3)n2)CC1. The zero-order valence-corrected chi connectivity index (χ0v) is 12.9. The molecule has 0 saturated heterocycles. The fraction of sp³-hybridized carbons (Fsp3) is 0.353. The van der Waals surface area contributed by atoms with Gasteiger partial charge in [-0.3, -0.25) is 0 Å². The van der Waals surface area contributed by atoms with E-state index in [4.69, 9.17) is 12.2 Å². The van der Waals surface area contributed by atoms with Crippen LogP contribution in [0.2, 0.25) is 0 Å². The molecule has 1 aliphatic rings. The summed E-state index contributed by atoms with van der Waals surface area (Å²) in [5.74, 6) is -2.05. The first-order chi connectivity index (χ1) is 11.8. The van der Waals surface area contributed by atoms with Gasteiger partial charge in [-0.1, -0.05) is 6.07 Å². The van der Waals surface area contributed by atoms with Gasteiger partial charge >= 0.3 is 5.97 Å². The molecule has 1 aromatic carbocycles. The quantitative estimate of drug-likeness (QED) is 0.797. The molecule has 2 aromatic rings. The summed E-state index contributed by atoms with van der Waals surface area (Å²) in [6, 6.07) is 3.69. The number of carboxylic acids is 1. The van der Waals surface area contributed by atoms with Crippen LogP contribution in [0.3, 0.4) is 0 Å². The standard InChI is InChI=1S/C17H18FN3O3/c18-13-7-10(3-6-12(13)17(23)24)15-16(19)20-8-14(21-15)9-1-4-11(22)5-2-9/h3,6-9,11,22H,1-2,4-5H2,(H2,19,20)(H,23,24)/t9-,11-/i11D. The van der Waals surface area contributed by atoms with Crippen LogP contribution in [0.25, 0.3) is 11.3 Å². The van der Waals surface area contributed by atoms with Crippen molar-refractivity contribution >= 4 is 11.8 Å². The first kappa shape index (κ1) is 15.0. The van der Waals surface area contributed by atoms with Gasteiger partial charge in [0.2, 0.25) is 0 Å². The lowest BCUT2D eigenvalue weighted by Crippen LogP contribution is -2.18. The van der Waals surface area contributed by atoms with Gasteiger partial charge in [0.15, 0.2) is 0 Å². The van der Waals surface area contributed by atoms with Crippen molar-refractivity contribution in [1.29, 1.82) is 0 Å². The van der Waals surface area contributed by atoms with E-state index >= 15 is 0 Å². The summed E-state index contributed by atoms with van der Waals surface area (Å²) in [6.45, 7) is 0. The topological polar surface area (TPSA) is 109 Å². The Morgan fingerprint density at radius 3 is 2.67 bits per heavy atom. The van der Waals surface area contributed by atoms with E-state index < -0.39 is 23.4 Å². The normalized spacial score (nSPS) is 24.4. The highest BCUT2D eigenvalue weighted by Crippen LogP contribution is 2.33. The molecule has 1 aromatic heterocycles. The number of aliphatic hydroxyl groups is 1. The lowest BCUT2D eigenvalue weighted by Gasteiger charge is -2.25. The van der Waals surface area contributed by atoms with Crippen LogP contribution in [0.5, 0.6) is 0 Å². The molecule has 6 nitrogen and oxygen atoms in total. The third kappa shape index (κ3) is 3.21. The van der Waals surface area contributed by atoms with Crippen LogP contribution in [0.15, 0.2) is 24.4 Å². The second-order valence-corrected chi connectivity index (χ2v) is 5.87. The maximum atomic E-state index is 13.9. The Balaban J connectivity index is 1.92. The van der Waals surface area contributed by atoms with Crippen LogP contribution in [0, 0.1) is 5.82 Å². The van der Waals surface area contributed by atoms with Gasteiger partial charge in [-0.15, -0.1) is 0 Å². The first-order valence-corrected chi connectivity index (χ1v) is 7.65. The van der Waals surface area contributed by atoms with E-state index in [0.29, 0.717) is 42.6 Å². The second kappa shape index (κ2) is 6.52. The minimum Gasteiger partial charge on any atom is -0.478 e. The minimum absolute atomic E-state index is 0.0422. The molecular formula is C17H18FN3O3. The van der Waals surface area contributed by atoms with Crippen LogP contribution in [0.4, 0.5) is 10.2 Å². The number of rotatable bonds is 3. The van der Waals surface area contributed by atoms with Gasteiger partial charge in [0.1, 0.15) is 17.3 Å². The van der Waals surface area contributed by atoms with Crippen LogP contribution in [0.1, 0.15) is 49.0 Å². The molecule has 0 spiro atoms. The number of carboxylic acid groups (broad SMARTS) is 1. The van der Waals surface area contributed by atoms with E-state index in [1.165, 1.54) is 12.1 Å². The van der Waals surface area contributed by atoms with E-state index in [0.717, 1.165) is 6.07 Å². The third-order valence-electron chi connectivity index (χ3n) is 4.27. The molecule has 7 heteroatoms. The number of nitrogen functional groups attached to an aromatic ring is 1. The summed E-state index contributed by atoms with van der Waals surface area (Å²) >= 11 is 0. The molecular weight excluding hydrogens is 313 g/mol. The summed E-state index contributed by atoms with van der Waals surface area (Å²) in [5, 5.41) is 18.6. The van der Waals surface area contributed by atoms with Gasteiger partial charge in [0.25, 0.3) is 0 Å². The first-order valence-electron chi connectivity index (χ1n) is 8.15. The van der Waals surface area contributed by atoms with Crippen molar-refractivity contribution in [2.45, 2.75) is 37.7 Å². The number of nitrogens with zero attached hydrogens (tertiary/aromatic N) is 2. The highest BCUT2D eigenvalue weighted by atomic mass is 19.1. The number of aromatic nitrogens is 2. The second-order valence-electron chi connectivity index (χ2n) is 5.87. The Hall–Kier alpha value is -2.54. The van der Waals surface area contributed by atoms with Crippen LogP contribution in [-0.2, 0) is 0 Å². The minimum atomic E-state index is -1.39. The number of carbonyl (C=O) groups is 1. The van der Waals surface area contributed by atoms with Crippen molar-refractivity contribution in [1.82, 2.24) is 9.97 Å². The van der Waals surface area contributed by atoms with Crippen molar-refractivity contribution in [2.75, 3.05) is 5.73 Å². The number of hydrogen-bond donors (Lipinski definition) is 3. The number of benzene rings is 1. The molecule has 1 aliphatic carbocycles. The molecule has 4 N–H and O–H groups in total. The van der Waals surface area contributed by atoms with Crippen LogP contribution < -0.4 is 5.73 Å². The lowest BCUT2D eigenvalue weighted by atomic mass is 9.85. The lowest BCUT2D eigenvalue weighted by molar-refractivity contribution is 0.0692. The van der Waals surface area contributed by atoms with E-state index in [9.17, 15) is 14.3 Å². The average molecular weight is 332 g/mol. The molecule has 126 valence electrons. The van der Waals surface area contributed by atoms with Crippen molar-refractivity contribution in [3.63, 3.8) is 0 Å². The van der Waals surface area contributed by atoms with Gasteiger partial charge in [-0.2, -0.15) is 0 Å². The molecule has 0 radical (unpaired) electrons. The molecule has 0 atom stereocenters. The molecule has 0 bridgehead atoms. The van der Waals surface area contributed by atoms with Crippen molar-refractivity contribution in [2.24, 2.45) is 0 Å². The summed E-state index contributed by atoms with van der Waals surface area (Å²) < 4.78 is 21.6. The van der Waals surface area contributed by atoms with Gasteiger partial charge in [-0.25, -0.2) is 19.2 Å². The summed E-state index contributed by atoms with van der Waals surface area (Å²) in [6.07, 6.45) is 2.06. The number of anilines is 1. The van der Waals surface area contributed by atoms with Crippen molar-refractivity contribution in [3.05, 3.63) is 41.5 Å². The zero-order chi connectivity index (χ0) is 18.2. The van der Waals surface area contributed by atoms with E-state index in [1.54, 1.807) is 6.20 Å². The number of hydrogen-bond acceptors (Lipinski definition) is 5. The Morgan fingerprint density at radius 1 is 1.33 bits per heavy atom. The molecule has 1 heterocycles. The van der Waals surface area contributed by atoms with E-state index in [-0.39, 0.29) is 11.7 Å². The Morgan fingerprint density at radius 2 is 2.04 bits per heavy atom. The number of halogens is 1. The predicted molar refractivity (Wildman–Crippen MR) is 86.0 cm³/mol.